The van der Waals surface area contributed by atoms with Gasteiger partial charge in [0.15, 0.2) is 11.6 Å². The molecule has 7 heteroatoms. The second kappa shape index (κ2) is 9.29. The smallest absolute Gasteiger partial charge is 0.166 e. The number of nitriles is 1. The Labute approximate surface area is 117 Å². The van der Waals surface area contributed by atoms with E-state index in [4.69, 9.17) is 28.5 Å². The van der Waals surface area contributed by atoms with Crippen molar-refractivity contribution in [3.8, 4) is 6.07 Å². The van der Waals surface area contributed by atoms with Crippen molar-refractivity contribution in [3.63, 3.8) is 0 Å². The molecule has 0 saturated carbocycles. The maximum absolute atomic E-state index is 11.5. The molecule has 0 N–H and O–H groups in total. The van der Waals surface area contributed by atoms with Gasteiger partial charge in [0.2, 0.25) is 0 Å². The van der Waals surface area contributed by atoms with Crippen LogP contribution in [0.2, 0.25) is 0 Å². The molecule has 0 heterocycles. The first kappa shape index (κ1) is 16.2. The first-order chi connectivity index (χ1) is 7.54. The third kappa shape index (κ3) is 6.09. The highest BCUT2D eigenvalue weighted by Gasteiger charge is 2.28. The van der Waals surface area contributed by atoms with Gasteiger partial charge >= 0.3 is 0 Å². The molecule has 0 aromatic heterocycles. The van der Waals surface area contributed by atoms with E-state index in [9.17, 15) is 9.59 Å². The monoisotopic (exact) mass is 345 g/mol. The Balaban J connectivity index is 3.99. The van der Waals surface area contributed by atoms with Gasteiger partial charge in [-0.3, -0.25) is 9.59 Å². The molecule has 0 aliphatic rings. The predicted octanol–water partition coefficient (Wildman–Crippen LogP) is 2.38. The zero-order chi connectivity index (χ0) is 12.6. The molecule has 0 rings (SSSR count). The summed E-state index contributed by atoms with van der Waals surface area (Å²) in [7, 11) is 0. The summed E-state index contributed by atoms with van der Waals surface area (Å²) in [5, 5.41) is 7.37. The molecule has 2 atom stereocenters. The van der Waals surface area contributed by atoms with Gasteiger partial charge in [0, 0.05) is 12.2 Å². The van der Waals surface area contributed by atoms with E-state index in [1.165, 1.54) is 11.8 Å². The lowest BCUT2D eigenvalue weighted by Gasteiger charge is -2.12. The molecule has 0 aromatic carbocycles. The number of halogens is 3. The second-order valence-electron chi connectivity index (χ2n) is 2.83. The van der Waals surface area contributed by atoms with Crippen LogP contribution in [0.3, 0.4) is 0 Å². The number of hydrogen-bond acceptors (Lipinski definition) is 4. The molecule has 0 saturated heterocycles. The van der Waals surface area contributed by atoms with Gasteiger partial charge in [0.1, 0.15) is 5.38 Å². The molecule has 0 amide bonds. The topological polar surface area (TPSA) is 57.9 Å². The lowest BCUT2D eigenvalue weighted by atomic mass is 10.2. The maximum atomic E-state index is 11.5. The third-order valence-electron chi connectivity index (χ3n) is 1.61. The number of alkyl halides is 3. The van der Waals surface area contributed by atoms with Crippen LogP contribution in [0.5, 0.6) is 0 Å². The van der Waals surface area contributed by atoms with Gasteiger partial charge < -0.3 is 0 Å². The number of carbonyl (C=O) groups is 2. The summed E-state index contributed by atoms with van der Waals surface area (Å²) in [6.07, 6.45) is 0.399. The Morgan fingerprint density at radius 1 is 1.44 bits per heavy atom. The molecule has 90 valence electrons. The first-order valence-electron chi connectivity index (χ1n) is 4.38. The van der Waals surface area contributed by atoms with Gasteiger partial charge in [-0.05, 0) is 0 Å². The van der Waals surface area contributed by atoms with E-state index in [1.54, 1.807) is 0 Å². The fraction of sp³-hybridized carbons (Fsp3) is 0.667. The predicted molar refractivity (Wildman–Crippen MR) is 70.6 cm³/mol. The van der Waals surface area contributed by atoms with Crippen molar-refractivity contribution in [2.75, 3.05) is 17.4 Å². The van der Waals surface area contributed by atoms with E-state index in [0.717, 1.165) is 0 Å². The molecule has 0 spiro atoms. The van der Waals surface area contributed by atoms with E-state index < -0.39 is 10.2 Å². The molecular formula is C9H10BrCl2NO2S. The van der Waals surface area contributed by atoms with Gasteiger partial charge in [0.25, 0.3) is 0 Å². The third-order valence-corrected chi connectivity index (χ3v) is 4.69. The summed E-state index contributed by atoms with van der Waals surface area (Å²) in [5.74, 6) is 0.0850. The van der Waals surface area contributed by atoms with Crippen LogP contribution in [0.15, 0.2) is 0 Å². The summed E-state index contributed by atoms with van der Waals surface area (Å²) < 4.78 is 0. The summed E-state index contributed by atoms with van der Waals surface area (Å²) in [5.41, 5.74) is 0. The van der Waals surface area contributed by atoms with Crippen molar-refractivity contribution in [2.45, 2.75) is 16.6 Å². The van der Waals surface area contributed by atoms with Crippen LogP contribution in [-0.4, -0.2) is 39.2 Å². The van der Waals surface area contributed by atoms with Gasteiger partial charge in [-0.1, -0.05) is 15.9 Å². The quantitative estimate of drug-likeness (QED) is 0.500. The van der Waals surface area contributed by atoms with E-state index >= 15 is 0 Å². The summed E-state index contributed by atoms with van der Waals surface area (Å²) in [4.78, 5) is 22.0. The summed E-state index contributed by atoms with van der Waals surface area (Å²) in [6, 6.07) is 1.98. The molecule has 0 aliphatic heterocycles. The molecule has 3 nitrogen and oxygen atoms in total. The molecule has 0 bridgehead atoms. The number of carbonyl (C=O) groups excluding carboxylic acids is 2. The molecular weight excluding hydrogens is 337 g/mol. The molecule has 0 aliphatic carbocycles. The summed E-state index contributed by atoms with van der Waals surface area (Å²) >= 11 is 15.5. The normalized spacial score (nSPS) is 13.9. The lowest BCUT2D eigenvalue weighted by Crippen LogP contribution is -2.33. The van der Waals surface area contributed by atoms with Crippen LogP contribution in [0.4, 0.5) is 0 Å². The highest BCUT2D eigenvalue weighted by Crippen LogP contribution is 2.17. The van der Waals surface area contributed by atoms with Crippen molar-refractivity contribution in [3.05, 3.63) is 0 Å². The molecule has 0 fully saturated rings. The number of Topliss-reactive ketones (excluding diaryl/α,β-unsaturated/α-hetero) is 2. The zero-order valence-electron chi connectivity index (χ0n) is 8.29. The fourth-order valence-corrected chi connectivity index (χ4v) is 2.66. The van der Waals surface area contributed by atoms with Gasteiger partial charge in [0.05, 0.1) is 22.5 Å². The fourth-order valence-electron chi connectivity index (χ4n) is 0.770. The zero-order valence-corrected chi connectivity index (χ0v) is 12.2. The Bertz CT molecular complexity index is 296. The van der Waals surface area contributed by atoms with E-state index in [2.05, 4.69) is 15.9 Å². The van der Waals surface area contributed by atoms with Crippen molar-refractivity contribution < 1.29 is 9.59 Å². The molecule has 0 radical (unpaired) electrons. The maximum Gasteiger partial charge on any atom is 0.166 e. The Morgan fingerprint density at radius 2 is 2.06 bits per heavy atom. The highest BCUT2D eigenvalue weighted by atomic mass is 79.9. The van der Waals surface area contributed by atoms with E-state index in [1.807, 2.05) is 6.07 Å². The number of rotatable bonds is 8. The van der Waals surface area contributed by atoms with Gasteiger partial charge in [-0.2, -0.15) is 17.0 Å². The SMILES string of the molecule is N#CCCSCC(=O)C(Br)C(Cl)C(=O)CCl. The number of ketones is 2. The standard InChI is InChI=1S/C9H10BrCl2NO2S/c10-8(9(12)6(14)4-11)7(15)5-16-3-1-2-13/h8-9H,1,3-5H2. The largest absolute Gasteiger partial charge is 0.297 e. The van der Waals surface area contributed by atoms with Crippen LogP contribution < -0.4 is 0 Å². The van der Waals surface area contributed by atoms with Crippen LogP contribution in [-0.2, 0) is 9.59 Å². The van der Waals surface area contributed by atoms with Crippen molar-refractivity contribution >= 4 is 62.5 Å². The molecule has 2 unspecified atom stereocenters. The highest BCUT2D eigenvalue weighted by molar-refractivity contribution is 9.10. The van der Waals surface area contributed by atoms with Gasteiger partial charge in [-0.25, -0.2) is 0 Å². The van der Waals surface area contributed by atoms with Crippen molar-refractivity contribution in [1.82, 2.24) is 0 Å². The van der Waals surface area contributed by atoms with Gasteiger partial charge in [-0.15, -0.1) is 23.2 Å². The second-order valence-corrected chi connectivity index (χ2v) is 5.66. The van der Waals surface area contributed by atoms with Crippen LogP contribution in [0.25, 0.3) is 0 Å². The Hall–Kier alpha value is 0.240. The average molecular weight is 347 g/mol. The Morgan fingerprint density at radius 3 is 2.56 bits per heavy atom. The molecule has 0 aromatic rings. The van der Waals surface area contributed by atoms with E-state index in [-0.39, 0.29) is 23.2 Å². The minimum absolute atomic E-state index is 0.165. The number of thioether (sulfide) groups is 1. The number of hydrogen-bond donors (Lipinski definition) is 0. The van der Waals surface area contributed by atoms with Crippen LogP contribution in [0.1, 0.15) is 6.42 Å². The first-order valence-corrected chi connectivity index (χ1v) is 7.43. The van der Waals surface area contributed by atoms with Crippen LogP contribution in [0, 0.1) is 11.3 Å². The lowest BCUT2D eigenvalue weighted by molar-refractivity contribution is -0.120. The summed E-state index contributed by atoms with van der Waals surface area (Å²) in [6.45, 7) is 0. The number of nitrogens with zero attached hydrogens (tertiary/aromatic N) is 1. The van der Waals surface area contributed by atoms with Crippen molar-refractivity contribution in [2.24, 2.45) is 0 Å². The molecule has 16 heavy (non-hydrogen) atoms. The van der Waals surface area contributed by atoms with Crippen molar-refractivity contribution in [1.29, 1.82) is 5.26 Å². The average Bonchev–Trinajstić information content (AvgIpc) is 2.31. The van der Waals surface area contributed by atoms with Crippen LogP contribution >= 0.6 is 50.9 Å². The minimum atomic E-state index is -0.929. The minimum Gasteiger partial charge on any atom is -0.297 e. The Kier molecular flexibility index (Phi) is 9.43. The van der Waals surface area contributed by atoms with E-state index in [0.29, 0.717) is 12.2 Å².